The van der Waals surface area contributed by atoms with Crippen LogP contribution in [-0.4, -0.2) is 19.0 Å². The largest absolute Gasteiger partial charge is 0.351 e. The van der Waals surface area contributed by atoms with Gasteiger partial charge in [-0.1, -0.05) is 48.5 Å². The molecule has 2 aromatic carbocycles. The minimum absolute atomic E-state index is 0.0458. The van der Waals surface area contributed by atoms with Gasteiger partial charge in [-0.05, 0) is 17.7 Å². The van der Waals surface area contributed by atoms with Crippen molar-refractivity contribution in [1.29, 1.82) is 0 Å². The van der Waals surface area contributed by atoms with Gasteiger partial charge >= 0.3 is 0 Å². The van der Waals surface area contributed by atoms with Crippen molar-refractivity contribution in [3.63, 3.8) is 0 Å². The fourth-order valence-electron chi connectivity index (χ4n) is 1.73. The second kappa shape index (κ2) is 7.34. The zero-order valence-corrected chi connectivity index (χ0v) is 10.8. The summed E-state index contributed by atoms with van der Waals surface area (Å²) < 4.78 is 0. The molecule has 2 rings (SSSR count). The third kappa shape index (κ3) is 4.56. The average molecular weight is 253 g/mol. The fourth-order valence-corrected chi connectivity index (χ4v) is 1.73. The molecule has 1 amide bonds. The van der Waals surface area contributed by atoms with Crippen LogP contribution in [-0.2, 0) is 6.54 Å². The number of hydrogen-bond donors (Lipinski definition) is 1. The molecule has 3 heteroatoms. The Morgan fingerprint density at radius 1 is 0.947 bits per heavy atom. The van der Waals surface area contributed by atoms with Crippen LogP contribution in [0.1, 0.15) is 15.9 Å². The predicted molar refractivity (Wildman–Crippen MR) is 75.9 cm³/mol. The maximum absolute atomic E-state index is 11.7. The third-order valence-corrected chi connectivity index (χ3v) is 2.73. The highest BCUT2D eigenvalue weighted by molar-refractivity contribution is 5.94. The van der Waals surface area contributed by atoms with Crippen LogP contribution in [0.3, 0.4) is 0 Å². The Morgan fingerprint density at radius 2 is 1.58 bits per heavy atom. The second-order valence-corrected chi connectivity index (χ2v) is 4.21. The molecule has 97 valence electrons. The van der Waals surface area contributed by atoms with Crippen molar-refractivity contribution in [3.8, 4) is 0 Å². The van der Waals surface area contributed by atoms with Gasteiger partial charge in [0.25, 0.3) is 5.91 Å². The Labute approximate surface area is 113 Å². The normalized spacial score (nSPS) is 10.1. The van der Waals surface area contributed by atoms with Crippen LogP contribution in [0.2, 0.25) is 0 Å². The van der Waals surface area contributed by atoms with Gasteiger partial charge in [0.15, 0.2) is 0 Å². The molecular weight excluding hydrogens is 236 g/mol. The molecule has 19 heavy (non-hydrogen) atoms. The van der Waals surface area contributed by atoms with Gasteiger partial charge in [-0.25, -0.2) is 5.32 Å². The van der Waals surface area contributed by atoms with Crippen molar-refractivity contribution in [3.05, 3.63) is 71.8 Å². The lowest BCUT2D eigenvalue weighted by molar-refractivity contribution is 0.0954. The Morgan fingerprint density at radius 3 is 2.26 bits per heavy atom. The molecule has 1 radical (unpaired) electrons. The number of benzene rings is 2. The summed E-state index contributed by atoms with van der Waals surface area (Å²) in [4.78, 5) is 11.7. The lowest BCUT2D eigenvalue weighted by Crippen LogP contribution is -2.29. The van der Waals surface area contributed by atoms with E-state index in [0.717, 1.165) is 0 Å². The van der Waals surface area contributed by atoms with Gasteiger partial charge in [0, 0.05) is 25.2 Å². The van der Waals surface area contributed by atoms with E-state index in [1.807, 2.05) is 48.5 Å². The number of amides is 1. The molecule has 0 spiro atoms. The van der Waals surface area contributed by atoms with E-state index in [1.165, 1.54) is 5.56 Å². The van der Waals surface area contributed by atoms with Crippen LogP contribution < -0.4 is 10.6 Å². The van der Waals surface area contributed by atoms with Crippen LogP contribution in [0.4, 0.5) is 0 Å². The topological polar surface area (TPSA) is 43.2 Å². The van der Waals surface area contributed by atoms with E-state index in [2.05, 4.69) is 10.6 Å². The van der Waals surface area contributed by atoms with Crippen molar-refractivity contribution in [1.82, 2.24) is 10.6 Å². The number of carbonyl (C=O) groups excluding carboxylic acids is 1. The third-order valence-electron chi connectivity index (χ3n) is 2.73. The summed E-state index contributed by atoms with van der Waals surface area (Å²) in [5, 5.41) is 7.25. The molecule has 0 saturated carbocycles. The average Bonchev–Trinajstić information content (AvgIpc) is 2.49. The molecular formula is C16H17N2O. The van der Waals surface area contributed by atoms with E-state index >= 15 is 0 Å². The first-order valence-electron chi connectivity index (χ1n) is 6.37. The van der Waals surface area contributed by atoms with E-state index in [9.17, 15) is 4.79 Å². The highest BCUT2D eigenvalue weighted by atomic mass is 16.1. The summed E-state index contributed by atoms with van der Waals surface area (Å²) in [5.41, 5.74) is 1.88. The highest BCUT2D eigenvalue weighted by Crippen LogP contribution is 1.98. The molecule has 0 heterocycles. The monoisotopic (exact) mass is 253 g/mol. The summed E-state index contributed by atoms with van der Waals surface area (Å²) in [7, 11) is 0. The number of nitrogens with one attached hydrogen (secondary N) is 1. The van der Waals surface area contributed by atoms with Crippen LogP contribution in [0.5, 0.6) is 0 Å². The standard InChI is InChI=1S/C16H17N2O/c19-16(15-9-5-2-6-10-15)18-12-11-17-13-14-7-3-1-4-8-14/h1-10H,11-13H2,(H,18,19). The van der Waals surface area contributed by atoms with Gasteiger partial charge in [-0.2, -0.15) is 0 Å². The summed E-state index contributed by atoms with van der Waals surface area (Å²) in [5.74, 6) is -0.0458. The zero-order valence-electron chi connectivity index (χ0n) is 10.8. The lowest BCUT2D eigenvalue weighted by atomic mass is 10.2. The smallest absolute Gasteiger partial charge is 0.251 e. The first-order chi connectivity index (χ1) is 9.36. The van der Waals surface area contributed by atoms with Gasteiger partial charge in [0.05, 0.1) is 0 Å². The van der Waals surface area contributed by atoms with E-state index < -0.39 is 0 Å². The number of hydrogen-bond acceptors (Lipinski definition) is 1. The maximum Gasteiger partial charge on any atom is 0.251 e. The number of rotatable bonds is 6. The Hall–Kier alpha value is -2.13. The molecule has 0 fully saturated rings. The molecule has 0 unspecified atom stereocenters. The molecule has 0 saturated heterocycles. The Kier molecular flexibility index (Phi) is 5.14. The molecule has 0 aliphatic heterocycles. The van der Waals surface area contributed by atoms with Crippen molar-refractivity contribution >= 4 is 5.91 Å². The minimum Gasteiger partial charge on any atom is -0.351 e. The summed E-state index contributed by atoms with van der Waals surface area (Å²) in [6, 6.07) is 19.3. The molecule has 2 aromatic rings. The number of nitrogens with zero attached hydrogens (tertiary/aromatic N) is 1. The van der Waals surface area contributed by atoms with Gasteiger partial charge in [0.2, 0.25) is 0 Å². The van der Waals surface area contributed by atoms with Gasteiger partial charge < -0.3 is 5.32 Å². The molecule has 0 bridgehead atoms. The quantitative estimate of drug-likeness (QED) is 0.788. The van der Waals surface area contributed by atoms with Crippen LogP contribution >= 0.6 is 0 Å². The first kappa shape index (κ1) is 13.3. The van der Waals surface area contributed by atoms with Gasteiger partial charge in [0.1, 0.15) is 0 Å². The number of carbonyl (C=O) groups is 1. The van der Waals surface area contributed by atoms with Crippen molar-refractivity contribution in [2.24, 2.45) is 0 Å². The molecule has 0 atom stereocenters. The predicted octanol–water partition coefficient (Wildman–Crippen LogP) is 2.22. The summed E-state index contributed by atoms with van der Waals surface area (Å²) >= 11 is 0. The van der Waals surface area contributed by atoms with Gasteiger partial charge in [-0.15, -0.1) is 0 Å². The van der Waals surface area contributed by atoms with Gasteiger partial charge in [-0.3, -0.25) is 4.79 Å². The minimum atomic E-state index is -0.0458. The van der Waals surface area contributed by atoms with Crippen molar-refractivity contribution in [2.45, 2.75) is 6.54 Å². The highest BCUT2D eigenvalue weighted by Gasteiger charge is 2.02. The molecule has 0 aromatic heterocycles. The van der Waals surface area contributed by atoms with E-state index in [-0.39, 0.29) is 5.91 Å². The van der Waals surface area contributed by atoms with E-state index in [4.69, 9.17) is 0 Å². The van der Waals surface area contributed by atoms with E-state index in [0.29, 0.717) is 25.2 Å². The lowest BCUT2D eigenvalue weighted by Gasteiger charge is -2.05. The first-order valence-corrected chi connectivity index (χ1v) is 6.37. The second-order valence-electron chi connectivity index (χ2n) is 4.21. The van der Waals surface area contributed by atoms with E-state index in [1.54, 1.807) is 12.1 Å². The van der Waals surface area contributed by atoms with Crippen molar-refractivity contribution in [2.75, 3.05) is 13.1 Å². The summed E-state index contributed by atoms with van der Waals surface area (Å²) in [6.07, 6.45) is 0. The van der Waals surface area contributed by atoms with Crippen LogP contribution in [0.25, 0.3) is 0 Å². The summed E-state index contributed by atoms with van der Waals surface area (Å²) in [6.45, 7) is 1.90. The molecule has 0 aliphatic carbocycles. The van der Waals surface area contributed by atoms with Crippen LogP contribution in [0.15, 0.2) is 60.7 Å². The van der Waals surface area contributed by atoms with Crippen molar-refractivity contribution < 1.29 is 4.79 Å². The zero-order chi connectivity index (χ0) is 13.3. The molecule has 3 nitrogen and oxygen atoms in total. The maximum atomic E-state index is 11.7. The Balaban J connectivity index is 1.63. The molecule has 1 N–H and O–H groups in total. The Bertz CT molecular complexity index is 497. The SMILES string of the molecule is O=C(NCC[N]Cc1ccccc1)c1ccccc1. The molecule has 0 aliphatic rings. The fraction of sp³-hybridized carbons (Fsp3) is 0.188. The van der Waals surface area contributed by atoms with Crippen LogP contribution in [0, 0.1) is 0 Å².